The molecule has 3 heterocycles. The third kappa shape index (κ3) is 5.00. The summed E-state index contributed by atoms with van der Waals surface area (Å²) in [5.41, 5.74) is 2.85. The van der Waals surface area contributed by atoms with Gasteiger partial charge in [0, 0.05) is 57.7 Å². The summed E-state index contributed by atoms with van der Waals surface area (Å²) < 4.78 is 5.54. The average molecular weight is 413 g/mol. The highest BCUT2D eigenvalue weighted by Gasteiger charge is 2.26. The van der Waals surface area contributed by atoms with Gasteiger partial charge in [0.25, 0.3) is 0 Å². The summed E-state index contributed by atoms with van der Waals surface area (Å²) in [5.74, 6) is 1.56. The highest BCUT2D eigenvalue weighted by atomic mass is 32.1. The Morgan fingerprint density at radius 3 is 2.97 bits per heavy atom. The van der Waals surface area contributed by atoms with Crippen molar-refractivity contribution in [1.29, 1.82) is 0 Å². The molecule has 2 aliphatic rings. The maximum Gasteiger partial charge on any atom is 0.193 e. The van der Waals surface area contributed by atoms with Crippen LogP contribution >= 0.6 is 11.3 Å². The zero-order valence-electron chi connectivity index (χ0n) is 17.5. The molecule has 1 aromatic carbocycles. The van der Waals surface area contributed by atoms with E-state index in [1.807, 2.05) is 18.4 Å². The highest BCUT2D eigenvalue weighted by molar-refractivity contribution is 7.10. The molecule has 4 rings (SSSR count). The fourth-order valence-electron chi connectivity index (χ4n) is 4.44. The van der Waals surface area contributed by atoms with Crippen molar-refractivity contribution in [1.82, 2.24) is 15.1 Å². The summed E-state index contributed by atoms with van der Waals surface area (Å²) in [6, 6.07) is 13.5. The molecule has 0 aliphatic carbocycles. The number of ether oxygens (including phenoxy) is 1. The number of fused-ring (bicyclic) bond motifs is 1. The minimum atomic E-state index is 0.323. The molecular formula is C23H32N4OS. The molecule has 1 N–H and O–H groups in total. The van der Waals surface area contributed by atoms with Gasteiger partial charge in [-0.3, -0.25) is 9.89 Å². The van der Waals surface area contributed by atoms with E-state index in [-0.39, 0.29) is 0 Å². The third-order valence-electron chi connectivity index (χ3n) is 6.05. The lowest BCUT2D eigenvalue weighted by Crippen LogP contribution is -2.46. The van der Waals surface area contributed by atoms with Crippen LogP contribution in [-0.4, -0.2) is 62.7 Å². The molecule has 2 atom stereocenters. The van der Waals surface area contributed by atoms with Crippen LogP contribution in [0.5, 0.6) is 0 Å². The first-order valence-corrected chi connectivity index (χ1v) is 11.5. The number of hydrogen-bond acceptors (Lipinski definition) is 4. The lowest BCUT2D eigenvalue weighted by atomic mass is 10.0. The van der Waals surface area contributed by atoms with Crippen LogP contribution in [0.15, 0.2) is 46.8 Å². The molecule has 6 heteroatoms. The second kappa shape index (κ2) is 9.74. The normalized spacial score (nSPS) is 21.0. The van der Waals surface area contributed by atoms with Crippen LogP contribution in [0.3, 0.4) is 0 Å². The topological polar surface area (TPSA) is 40.1 Å². The van der Waals surface area contributed by atoms with Gasteiger partial charge < -0.3 is 15.0 Å². The molecule has 2 aliphatic heterocycles. The van der Waals surface area contributed by atoms with Gasteiger partial charge in [0.1, 0.15) is 0 Å². The lowest BCUT2D eigenvalue weighted by Gasteiger charge is -2.36. The number of rotatable bonds is 6. The molecule has 2 unspecified atom stereocenters. The summed E-state index contributed by atoms with van der Waals surface area (Å²) >= 11 is 1.90. The fraction of sp³-hybridized carbons (Fsp3) is 0.522. The van der Waals surface area contributed by atoms with Crippen molar-refractivity contribution < 1.29 is 4.74 Å². The van der Waals surface area contributed by atoms with E-state index in [2.05, 4.69) is 68.9 Å². The van der Waals surface area contributed by atoms with Crippen LogP contribution in [0.4, 0.5) is 0 Å². The standard InChI is InChI=1S/C23H32N4OS/c1-24-23(26(2)15-18-9-12-28-17-18)25-14-21(19-6-4-3-5-7-19)27-11-8-22-20(16-27)10-13-29-22/h3-7,10,13,18,21H,8-9,11-12,14-17H2,1-2H3,(H,24,25). The zero-order valence-corrected chi connectivity index (χ0v) is 18.3. The van der Waals surface area contributed by atoms with Crippen molar-refractivity contribution in [3.63, 3.8) is 0 Å². The van der Waals surface area contributed by atoms with Gasteiger partial charge in [-0.05, 0) is 35.4 Å². The van der Waals surface area contributed by atoms with Gasteiger partial charge in [0.15, 0.2) is 5.96 Å². The summed E-state index contributed by atoms with van der Waals surface area (Å²) in [4.78, 5) is 10.9. The molecule has 1 aromatic heterocycles. The predicted molar refractivity (Wildman–Crippen MR) is 121 cm³/mol. The molecule has 29 heavy (non-hydrogen) atoms. The number of thiophene rings is 1. The maximum absolute atomic E-state index is 5.54. The van der Waals surface area contributed by atoms with E-state index in [1.54, 1.807) is 4.88 Å². The number of nitrogens with zero attached hydrogens (tertiary/aromatic N) is 3. The van der Waals surface area contributed by atoms with Gasteiger partial charge in [-0.15, -0.1) is 11.3 Å². The Hall–Kier alpha value is -1.89. The monoisotopic (exact) mass is 412 g/mol. The number of guanidine groups is 1. The predicted octanol–water partition coefficient (Wildman–Crippen LogP) is 3.39. The molecule has 2 aromatic rings. The van der Waals surface area contributed by atoms with Crippen molar-refractivity contribution in [3.8, 4) is 0 Å². The Morgan fingerprint density at radius 1 is 1.34 bits per heavy atom. The minimum absolute atomic E-state index is 0.323. The summed E-state index contributed by atoms with van der Waals surface area (Å²) in [5, 5.41) is 5.88. The van der Waals surface area contributed by atoms with Gasteiger partial charge in [0.05, 0.1) is 12.6 Å². The first-order chi connectivity index (χ1) is 14.2. The Balaban J connectivity index is 1.44. The van der Waals surface area contributed by atoms with Crippen LogP contribution in [-0.2, 0) is 17.7 Å². The van der Waals surface area contributed by atoms with Gasteiger partial charge in [0.2, 0.25) is 0 Å². The molecular weight excluding hydrogens is 380 g/mol. The van der Waals surface area contributed by atoms with Crippen molar-refractivity contribution in [3.05, 3.63) is 57.8 Å². The lowest BCUT2D eigenvalue weighted by molar-refractivity contribution is 0.177. The van der Waals surface area contributed by atoms with E-state index in [1.165, 1.54) is 11.1 Å². The van der Waals surface area contributed by atoms with E-state index < -0.39 is 0 Å². The molecule has 0 amide bonds. The molecule has 0 radical (unpaired) electrons. The second-order valence-corrected chi connectivity index (χ2v) is 9.05. The molecule has 0 spiro atoms. The van der Waals surface area contributed by atoms with Crippen LogP contribution < -0.4 is 5.32 Å². The van der Waals surface area contributed by atoms with Crippen molar-refractivity contribution in [2.75, 3.05) is 46.9 Å². The number of aliphatic imine (C=N–C) groups is 1. The summed E-state index contributed by atoms with van der Waals surface area (Å²) in [6.45, 7) is 5.71. The van der Waals surface area contributed by atoms with Crippen LogP contribution in [0.2, 0.25) is 0 Å². The Morgan fingerprint density at radius 2 is 2.21 bits per heavy atom. The molecule has 0 saturated carbocycles. The SMILES string of the molecule is CN=C(NCC(c1ccccc1)N1CCc2sccc2C1)N(C)CC1CCOC1. The quantitative estimate of drug-likeness (QED) is 0.583. The number of nitrogens with one attached hydrogen (secondary N) is 1. The summed E-state index contributed by atoms with van der Waals surface area (Å²) in [6.07, 6.45) is 2.29. The van der Waals surface area contributed by atoms with E-state index >= 15 is 0 Å². The smallest absolute Gasteiger partial charge is 0.193 e. The van der Waals surface area contributed by atoms with Gasteiger partial charge in [-0.25, -0.2) is 0 Å². The molecule has 156 valence electrons. The molecule has 1 fully saturated rings. The van der Waals surface area contributed by atoms with Crippen LogP contribution in [0.25, 0.3) is 0 Å². The van der Waals surface area contributed by atoms with Gasteiger partial charge in [-0.1, -0.05) is 30.3 Å². The van der Waals surface area contributed by atoms with E-state index in [4.69, 9.17) is 4.74 Å². The summed E-state index contributed by atoms with van der Waals surface area (Å²) in [7, 11) is 4.00. The average Bonchev–Trinajstić information content (AvgIpc) is 3.43. The first kappa shape index (κ1) is 20.4. The minimum Gasteiger partial charge on any atom is -0.381 e. The number of benzene rings is 1. The maximum atomic E-state index is 5.54. The van der Waals surface area contributed by atoms with Crippen molar-refractivity contribution in [2.45, 2.75) is 25.4 Å². The Labute approximate surface area is 178 Å². The van der Waals surface area contributed by atoms with E-state index in [0.717, 1.165) is 58.2 Å². The highest BCUT2D eigenvalue weighted by Crippen LogP contribution is 2.30. The fourth-order valence-corrected chi connectivity index (χ4v) is 5.33. The molecule has 0 bridgehead atoms. The first-order valence-electron chi connectivity index (χ1n) is 10.6. The van der Waals surface area contributed by atoms with Crippen molar-refractivity contribution in [2.24, 2.45) is 10.9 Å². The molecule has 5 nitrogen and oxygen atoms in total. The number of hydrogen-bond donors (Lipinski definition) is 1. The Bertz CT molecular complexity index is 800. The second-order valence-electron chi connectivity index (χ2n) is 8.05. The van der Waals surface area contributed by atoms with E-state index in [9.17, 15) is 0 Å². The van der Waals surface area contributed by atoms with Crippen LogP contribution in [0.1, 0.15) is 28.5 Å². The third-order valence-corrected chi connectivity index (χ3v) is 7.07. The van der Waals surface area contributed by atoms with Crippen molar-refractivity contribution >= 4 is 17.3 Å². The zero-order chi connectivity index (χ0) is 20.1. The molecule has 1 saturated heterocycles. The Kier molecular flexibility index (Phi) is 6.85. The van der Waals surface area contributed by atoms with Crippen LogP contribution in [0, 0.1) is 5.92 Å². The van der Waals surface area contributed by atoms with Gasteiger partial charge >= 0.3 is 0 Å². The van der Waals surface area contributed by atoms with Gasteiger partial charge in [-0.2, -0.15) is 0 Å². The van der Waals surface area contributed by atoms with E-state index in [0.29, 0.717) is 12.0 Å². The largest absolute Gasteiger partial charge is 0.381 e.